The monoisotopic (exact) mass is 615 g/mol. The van der Waals surface area contributed by atoms with E-state index in [0.29, 0.717) is 36.2 Å². The molecule has 44 heavy (non-hydrogen) atoms. The van der Waals surface area contributed by atoms with Crippen LogP contribution in [0.1, 0.15) is 64.8 Å². The van der Waals surface area contributed by atoms with E-state index < -0.39 is 66.6 Å². The highest BCUT2D eigenvalue weighted by Crippen LogP contribution is 2.27. The fourth-order valence-electron chi connectivity index (χ4n) is 5.04. The smallest absolute Gasteiger partial charge is 0.345 e. The Morgan fingerprint density at radius 2 is 1.77 bits per heavy atom. The number of rotatable bonds is 4. The molecule has 238 valence electrons. The molecule has 2 aromatic rings. The van der Waals surface area contributed by atoms with Gasteiger partial charge < -0.3 is 20.1 Å². The van der Waals surface area contributed by atoms with Crippen LogP contribution in [-0.4, -0.2) is 71.6 Å². The molecular formula is C31H39F2N5O6. The van der Waals surface area contributed by atoms with Crippen molar-refractivity contribution in [2.45, 2.75) is 78.3 Å². The van der Waals surface area contributed by atoms with E-state index in [4.69, 9.17) is 9.72 Å². The van der Waals surface area contributed by atoms with Crippen molar-refractivity contribution in [1.82, 2.24) is 26.1 Å². The van der Waals surface area contributed by atoms with Gasteiger partial charge in [0.15, 0.2) is 6.10 Å². The van der Waals surface area contributed by atoms with E-state index in [9.17, 15) is 28.0 Å². The Morgan fingerprint density at radius 3 is 2.48 bits per heavy atom. The fourth-order valence-corrected chi connectivity index (χ4v) is 5.04. The number of carbonyl (C=O) groups is 4. The van der Waals surface area contributed by atoms with Crippen LogP contribution in [-0.2, 0) is 28.7 Å². The molecule has 0 aliphatic carbocycles. The molecule has 1 aromatic heterocycles. The molecule has 3 N–H and O–H groups in total. The number of fused-ring (bicyclic) bond motifs is 4. The van der Waals surface area contributed by atoms with Gasteiger partial charge in [0.1, 0.15) is 17.5 Å². The second kappa shape index (κ2) is 13.8. The normalized spacial score (nSPS) is 27.4. The van der Waals surface area contributed by atoms with Crippen LogP contribution in [0.15, 0.2) is 36.4 Å². The molecule has 4 rings (SSSR count). The van der Waals surface area contributed by atoms with E-state index in [2.05, 4.69) is 20.8 Å². The minimum atomic E-state index is -3.14. The number of halogens is 2. The molecule has 0 spiro atoms. The van der Waals surface area contributed by atoms with Crippen molar-refractivity contribution >= 4 is 40.7 Å². The van der Waals surface area contributed by atoms with Gasteiger partial charge in [-0.25, -0.2) is 5.43 Å². The minimum absolute atomic E-state index is 0.298. The zero-order chi connectivity index (χ0) is 32.2. The zero-order valence-corrected chi connectivity index (χ0v) is 25.4. The molecule has 1 saturated heterocycles. The van der Waals surface area contributed by atoms with Crippen LogP contribution in [0.4, 0.5) is 8.78 Å². The number of alkyl halides is 2. The lowest BCUT2D eigenvalue weighted by molar-refractivity contribution is -0.179. The van der Waals surface area contributed by atoms with Crippen molar-refractivity contribution in [1.29, 1.82) is 0 Å². The number of carbonyl (C=O) groups excluding carboxylic acids is 4. The van der Waals surface area contributed by atoms with Gasteiger partial charge in [0, 0.05) is 11.9 Å². The number of aromatic nitrogens is 1. The van der Waals surface area contributed by atoms with E-state index in [1.165, 1.54) is 24.9 Å². The molecule has 0 unspecified atom stereocenters. The van der Waals surface area contributed by atoms with Gasteiger partial charge in [-0.15, -0.1) is 0 Å². The van der Waals surface area contributed by atoms with Crippen molar-refractivity contribution in [2.24, 2.45) is 11.3 Å². The Hall–Kier alpha value is -3.97. The molecule has 5 atom stereocenters. The standard InChI is InChI=1S/C31H39F2N5O6/c1-17(2)25-27(40)35-19(4)28(41)38-14-6-7-23(37-38)26(39)34-18(3)22-11-10-21-9-8-20(15-24(21)36-22)12-13-31(5,29(42)44-25)16-43-30(32)33/h8-13,15,17-19,23,25,30,37H,6-7,14,16H2,1-5H3,(H,34,39)(H,35,40)/t18-,19+,23+,25+,31-/m1/s1. The van der Waals surface area contributed by atoms with Gasteiger partial charge >= 0.3 is 12.6 Å². The Balaban J connectivity index is 1.75. The lowest BCUT2D eigenvalue weighted by Crippen LogP contribution is -2.61. The van der Waals surface area contributed by atoms with Crippen molar-refractivity contribution in [2.75, 3.05) is 13.2 Å². The summed E-state index contributed by atoms with van der Waals surface area (Å²) in [5.74, 6) is -2.97. The third kappa shape index (κ3) is 7.75. The van der Waals surface area contributed by atoms with Crippen LogP contribution in [0.2, 0.25) is 0 Å². The van der Waals surface area contributed by atoms with Crippen LogP contribution in [0.3, 0.4) is 0 Å². The summed E-state index contributed by atoms with van der Waals surface area (Å²) in [7, 11) is 0. The van der Waals surface area contributed by atoms with Crippen LogP contribution in [0.5, 0.6) is 0 Å². The van der Waals surface area contributed by atoms with Gasteiger partial charge in [-0.1, -0.05) is 44.2 Å². The number of esters is 1. The number of amides is 3. The molecular weight excluding hydrogens is 576 g/mol. The van der Waals surface area contributed by atoms with E-state index in [-0.39, 0.29) is 5.91 Å². The molecule has 3 amide bonds. The Bertz CT molecular complexity index is 1440. The van der Waals surface area contributed by atoms with Crippen molar-refractivity contribution in [3.05, 3.63) is 47.7 Å². The van der Waals surface area contributed by atoms with E-state index in [0.717, 1.165) is 5.39 Å². The van der Waals surface area contributed by atoms with Crippen molar-refractivity contribution in [3.8, 4) is 0 Å². The molecule has 1 aromatic carbocycles. The van der Waals surface area contributed by atoms with Crippen molar-refractivity contribution in [3.63, 3.8) is 0 Å². The van der Waals surface area contributed by atoms with Gasteiger partial charge in [0.2, 0.25) is 5.91 Å². The first-order chi connectivity index (χ1) is 20.8. The van der Waals surface area contributed by atoms with Gasteiger partial charge in [0.05, 0.1) is 23.9 Å². The molecule has 3 heterocycles. The number of nitrogens with zero attached hydrogens (tertiary/aromatic N) is 2. The van der Waals surface area contributed by atoms with Crippen molar-refractivity contribution < 1.29 is 37.4 Å². The third-order valence-electron chi connectivity index (χ3n) is 7.76. The Morgan fingerprint density at radius 1 is 1.07 bits per heavy atom. The largest absolute Gasteiger partial charge is 0.451 e. The van der Waals surface area contributed by atoms with Gasteiger partial charge in [-0.2, -0.15) is 8.78 Å². The molecule has 11 nitrogen and oxygen atoms in total. The highest BCUT2D eigenvalue weighted by Gasteiger charge is 2.39. The quantitative estimate of drug-likeness (QED) is 0.446. The summed E-state index contributed by atoms with van der Waals surface area (Å²) in [5.41, 5.74) is 3.12. The molecule has 0 saturated carbocycles. The summed E-state index contributed by atoms with van der Waals surface area (Å²) in [5, 5.41) is 7.69. The minimum Gasteiger partial charge on any atom is -0.451 e. The Labute approximate surface area is 254 Å². The number of pyridine rings is 1. The second-order valence-corrected chi connectivity index (χ2v) is 11.9. The average molecular weight is 616 g/mol. The van der Waals surface area contributed by atoms with E-state index in [1.54, 1.807) is 39.0 Å². The number of hydrogen-bond donors (Lipinski definition) is 3. The van der Waals surface area contributed by atoms with Crippen LogP contribution in [0, 0.1) is 11.3 Å². The first-order valence-corrected chi connectivity index (χ1v) is 14.7. The molecule has 5 bridgehead atoms. The second-order valence-electron chi connectivity index (χ2n) is 11.9. The number of benzene rings is 1. The summed E-state index contributed by atoms with van der Waals surface area (Å²) in [6.45, 7) is 4.46. The molecule has 0 radical (unpaired) electrons. The summed E-state index contributed by atoms with van der Waals surface area (Å²) < 4.78 is 36.3. The maximum absolute atomic E-state index is 13.5. The lowest BCUT2D eigenvalue weighted by atomic mass is 9.90. The molecule has 13 heteroatoms. The highest BCUT2D eigenvalue weighted by molar-refractivity contribution is 5.91. The number of ether oxygens (including phenoxy) is 2. The summed E-state index contributed by atoms with van der Waals surface area (Å²) in [6, 6.07) is 6.90. The fraction of sp³-hybridized carbons (Fsp3) is 0.516. The van der Waals surface area contributed by atoms with Gasteiger partial charge in [-0.05, 0) is 57.2 Å². The zero-order valence-electron chi connectivity index (χ0n) is 25.4. The predicted octanol–water partition coefficient (Wildman–Crippen LogP) is 3.25. The summed E-state index contributed by atoms with van der Waals surface area (Å²) in [4.78, 5) is 57.9. The molecule has 2 aliphatic heterocycles. The molecule has 2 aliphatic rings. The topological polar surface area (TPSA) is 139 Å². The lowest BCUT2D eigenvalue weighted by Gasteiger charge is -2.35. The van der Waals surface area contributed by atoms with E-state index in [1.807, 2.05) is 18.2 Å². The maximum Gasteiger partial charge on any atom is 0.345 e. The van der Waals surface area contributed by atoms with Crippen LogP contribution < -0.4 is 16.1 Å². The predicted molar refractivity (Wildman–Crippen MR) is 158 cm³/mol. The Kier molecular flexibility index (Phi) is 10.3. The number of cyclic esters (lactones) is 1. The molecule has 1 fully saturated rings. The first kappa shape index (κ1) is 32.9. The first-order valence-electron chi connectivity index (χ1n) is 14.7. The van der Waals surface area contributed by atoms with Gasteiger partial charge in [-0.3, -0.25) is 29.2 Å². The summed E-state index contributed by atoms with van der Waals surface area (Å²) >= 11 is 0. The highest BCUT2D eigenvalue weighted by atomic mass is 19.3. The van der Waals surface area contributed by atoms with Gasteiger partial charge in [0.25, 0.3) is 11.8 Å². The van der Waals surface area contributed by atoms with Crippen LogP contribution in [0.25, 0.3) is 17.0 Å². The third-order valence-corrected chi connectivity index (χ3v) is 7.76. The number of nitrogens with one attached hydrogen (secondary N) is 3. The van der Waals surface area contributed by atoms with Crippen LogP contribution >= 0.6 is 0 Å². The van der Waals surface area contributed by atoms with E-state index >= 15 is 0 Å². The average Bonchev–Trinajstić information content (AvgIpc) is 2.99. The summed E-state index contributed by atoms with van der Waals surface area (Å²) in [6.07, 6.45) is 2.70. The SMILES string of the molecule is CC(C)[C@@H]1OC(=O)[C@@](C)(COC(F)F)C=Cc2ccc3ccc(nc3c2)[C@@H](C)NC(=O)[C@@H]2CCCN(N2)C(=O)[C@H](C)NC1=O. The number of hydrazine groups is 1. The maximum atomic E-state index is 13.5. The number of hydrogen-bond acceptors (Lipinski definition) is 8.